The maximum absolute atomic E-state index is 11.9. The summed E-state index contributed by atoms with van der Waals surface area (Å²) in [6.45, 7) is -0.222. The van der Waals surface area contributed by atoms with E-state index < -0.39 is 6.03 Å². The molecule has 2 amide bonds. The molecule has 0 aliphatic carbocycles. The van der Waals surface area contributed by atoms with Crippen molar-refractivity contribution in [3.8, 4) is 11.8 Å². The number of aliphatic hydroxyl groups is 1. The van der Waals surface area contributed by atoms with Crippen LogP contribution in [0.15, 0.2) is 48.5 Å². The lowest BCUT2D eigenvalue weighted by atomic mass is 10.2. The summed E-state index contributed by atoms with van der Waals surface area (Å²) in [4.78, 5) is 11.9. The zero-order chi connectivity index (χ0) is 15.1. The van der Waals surface area contributed by atoms with Gasteiger partial charge in [-0.25, -0.2) is 4.79 Å². The van der Waals surface area contributed by atoms with Crippen molar-refractivity contribution in [3.63, 3.8) is 0 Å². The third kappa shape index (κ3) is 4.53. The van der Waals surface area contributed by atoms with E-state index in [1.54, 1.807) is 30.3 Å². The Labute approximate surface area is 127 Å². The smallest absolute Gasteiger partial charge is 0.323 e. The molecule has 4 nitrogen and oxygen atoms in total. The van der Waals surface area contributed by atoms with E-state index in [2.05, 4.69) is 22.5 Å². The average Bonchev–Trinajstić information content (AvgIpc) is 2.49. The summed E-state index contributed by atoms with van der Waals surface area (Å²) < 4.78 is 0. The molecule has 0 radical (unpaired) electrons. The van der Waals surface area contributed by atoms with Gasteiger partial charge in [-0.05, 0) is 30.3 Å². The molecule has 0 heterocycles. The van der Waals surface area contributed by atoms with Crippen LogP contribution in [-0.2, 0) is 0 Å². The first kappa shape index (κ1) is 14.9. The second-order valence-electron chi connectivity index (χ2n) is 4.10. The minimum atomic E-state index is -0.393. The van der Waals surface area contributed by atoms with Crippen molar-refractivity contribution < 1.29 is 9.90 Å². The first-order valence-electron chi connectivity index (χ1n) is 6.21. The van der Waals surface area contributed by atoms with Crippen LogP contribution in [0, 0.1) is 11.8 Å². The van der Waals surface area contributed by atoms with Crippen LogP contribution in [0.5, 0.6) is 0 Å². The Kier molecular flexibility index (Phi) is 5.22. The summed E-state index contributed by atoms with van der Waals surface area (Å²) >= 11 is 6.04. The monoisotopic (exact) mass is 300 g/mol. The van der Waals surface area contributed by atoms with Gasteiger partial charge in [-0.1, -0.05) is 41.6 Å². The molecular weight excluding hydrogens is 288 g/mol. The number of urea groups is 1. The molecule has 0 aliphatic heterocycles. The van der Waals surface area contributed by atoms with Crippen LogP contribution < -0.4 is 10.6 Å². The van der Waals surface area contributed by atoms with Crippen LogP contribution in [0.2, 0.25) is 5.02 Å². The van der Waals surface area contributed by atoms with Crippen molar-refractivity contribution in [1.29, 1.82) is 0 Å². The zero-order valence-corrected chi connectivity index (χ0v) is 11.8. The van der Waals surface area contributed by atoms with Gasteiger partial charge < -0.3 is 15.7 Å². The highest BCUT2D eigenvalue weighted by atomic mass is 35.5. The Bertz CT molecular complexity index is 690. The predicted molar refractivity (Wildman–Crippen MR) is 84.5 cm³/mol. The largest absolute Gasteiger partial charge is 0.384 e. The predicted octanol–water partition coefficient (Wildman–Crippen LogP) is 3.33. The fourth-order valence-electron chi connectivity index (χ4n) is 1.65. The molecule has 0 aliphatic rings. The highest BCUT2D eigenvalue weighted by Crippen LogP contribution is 2.23. The van der Waals surface area contributed by atoms with Crippen LogP contribution in [0.4, 0.5) is 16.2 Å². The molecule has 2 aromatic rings. The number of rotatable bonds is 2. The normalized spacial score (nSPS) is 9.43. The minimum Gasteiger partial charge on any atom is -0.384 e. The van der Waals surface area contributed by atoms with Gasteiger partial charge in [0.15, 0.2) is 0 Å². The zero-order valence-electron chi connectivity index (χ0n) is 11.1. The Hall–Kier alpha value is -2.48. The molecule has 0 saturated heterocycles. The lowest BCUT2D eigenvalue weighted by Crippen LogP contribution is -2.19. The van der Waals surface area contributed by atoms with Crippen LogP contribution in [0.1, 0.15) is 5.56 Å². The van der Waals surface area contributed by atoms with Crippen molar-refractivity contribution in [2.75, 3.05) is 17.2 Å². The average molecular weight is 301 g/mol. The van der Waals surface area contributed by atoms with E-state index >= 15 is 0 Å². The standard InChI is InChI=1S/C16H13ClN2O2/c17-14-9-8-12(5-4-10-20)11-15(14)19-16(21)18-13-6-2-1-3-7-13/h1-3,6-9,11,20H,10H2,(H2,18,19,21). The van der Waals surface area contributed by atoms with E-state index in [1.807, 2.05) is 18.2 Å². The van der Waals surface area contributed by atoms with Gasteiger partial charge in [0.2, 0.25) is 0 Å². The van der Waals surface area contributed by atoms with E-state index in [0.29, 0.717) is 22.0 Å². The summed E-state index contributed by atoms with van der Waals surface area (Å²) in [5.41, 5.74) is 1.79. The van der Waals surface area contributed by atoms with Gasteiger partial charge in [0.25, 0.3) is 0 Å². The molecule has 2 rings (SSSR count). The third-order valence-electron chi connectivity index (χ3n) is 2.56. The molecule has 0 spiro atoms. The topological polar surface area (TPSA) is 61.4 Å². The lowest BCUT2D eigenvalue weighted by molar-refractivity contribution is 0.262. The number of halogens is 1. The quantitative estimate of drug-likeness (QED) is 0.745. The van der Waals surface area contributed by atoms with E-state index in [4.69, 9.17) is 16.7 Å². The number of carbonyl (C=O) groups excluding carboxylic acids is 1. The van der Waals surface area contributed by atoms with Gasteiger partial charge in [0.1, 0.15) is 6.61 Å². The number of para-hydroxylation sites is 1. The van der Waals surface area contributed by atoms with Crippen LogP contribution >= 0.6 is 11.6 Å². The van der Waals surface area contributed by atoms with Gasteiger partial charge in [0.05, 0.1) is 10.7 Å². The Morgan fingerprint density at radius 2 is 1.90 bits per heavy atom. The molecule has 0 unspecified atom stereocenters. The van der Waals surface area contributed by atoms with E-state index in [0.717, 1.165) is 0 Å². The number of hydrogen-bond donors (Lipinski definition) is 3. The first-order chi connectivity index (χ1) is 10.2. The summed E-state index contributed by atoms with van der Waals surface area (Å²) in [6.07, 6.45) is 0. The van der Waals surface area contributed by atoms with E-state index in [9.17, 15) is 4.79 Å². The molecule has 3 N–H and O–H groups in total. The maximum atomic E-state index is 11.9. The highest BCUT2D eigenvalue weighted by molar-refractivity contribution is 6.33. The Balaban J connectivity index is 2.09. The van der Waals surface area contributed by atoms with Gasteiger partial charge >= 0.3 is 6.03 Å². The van der Waals surface area contributed by atoms with Gasteiger partial charge in [-0.2, -0.15) is 0 Å². The number of carbonyl (C=O) groups is 1. The van der Waals surface area contributed by atoms with Crippen molar-refractivity contribution in [2.24, 2.45) is 0 Å². The fourth-order valence-corrected chi connectivity index (χ4v) is 1.81. The van der Waals surface area contributed by atoms with Gasteiger partial charge in [-0.3, -0.25) is 0 Å². The van der Waals surface area contributed by atoms with Gasteiger partial charge in [0, 0.05) is 11.3 Å². The SMILES string of the molecule is O=C(Nc1ccccc1)Nc1cc(C#CCO)ccc1Cl. The maximum Gasteiger partial charge on any atom is 0.323 e. The third-order valence-corrected chi connectivity index (χ3v) is 2.89. The molecule has 0 fully saturated rings. The van der Waals surface area contributed by atoms with Crippen molar-refractivity contribution >= 4 is 29.0 Å². The van der Waals surface area contributed by atoms with Crippen molar-refractivity contribution in [2.45, 2.75) is 0 Å². The van der Waals surface area contributed by atoms with Crippen molar-refractivity contribution in [1.82, 2.24) is 0 Å². The summed E-state index contributed by atoms with van der Waals surface area (Å²) in [5.74, 6) is 5.29. The number of nitrogens with one attached hydrogen (secondary N) is 2. The van der Waals surface area contributed by atoms with E-state index in [-0.39, 0.29) is 6.61 Å². The summed E-state index contributed by atoms with van der Waals surface area (Å²) in [6, 6.07) is 13.7. The molecular formula is C16H13ClN2O2. The molecule has 0 aromatic heterocycles. The first-order valence-corrected chi connectivity index (χ1v) is 6.59. The highest BCUT2D eigenvalue weighted by Gasteiger charge is 2.06. The fraction of sp³-hybridized carbons (Fsp3) is 0.0625. The molecule has 5 heteroatoms. The second-order valence-corrected chi connectivity index (χ2v) is 4.51. The number of hydrogen-bond acceptors (Lipinski definition) is 2. The van der Waals surface area contributed by atoms with Crippen LogP contribution in [0.3, 0.4) is 0 Å². The lowest BCUT2D eigenvalue weighted by Gasteiger charge is -2.09. The molecule has 2 aromatic carbocycles. The Morgan fingerprint density at radius 3 is 2.62 bits per heavy atom. The molecule has 21 heavy (non-hydrogen) atoms. The van der Waals surface area contributed by atoms with Crippen molar-refractivity contribution in [3.05, 3.63) is 59.1 Å². The second kappa shape index (κ2) is 7.34. The summed E-state index contributed by atoms with van der Waals surface area (Å²) in [7, 11) is 0. The Morgan fingerprint density at radius 1 is 1.14 bits per heavy atom. The van der Waals surface area contributed by atoms with Gasteiger partial charge in [-0.15, -0.1) is 0 Å². The van der Waals surface area contributed by atoms with E-state index in [1.165, 1.54) is 0 Å². The number of amides is 2. The molecule has 0 saturated carbocycles. The van der Waals surface area contributed by atoms with Crippen LogP contribution in [0.25, 0.3) is 0 Å². The van der Waals surface area contributed by atoms with Crippen LogP contribution in [-0.4, -0.2) is 17.7 Å². The number of benzene rings is 2. The molecule has 0 bridgehead atoms. The number of aliphatic hydroxyl groups excluding tert-OH is 1. The minimum absolute atomic E-state index is 0.222. The molecule has 0 atom stereocenters. The summed E-state index contributed by atoms with van der Waals surface area (Å²) in [5, 5.41) is 14.5. The number of anilines is 2. The molecule has 106 valence electrons.